The lowest BCUT2D eigenvalue weighted by Crippen LogP contribution is -2.17. The van der Waals surface area contributed by atoms with E-state index in [0.717, 1.165) is 4.47 Å². The van der Waals surface area contributed by atoms with Crippen molar-refractivity contribution in [2.45, 2.75) is 19.5 Å². The summed E-state index contributed by atoms with van der Waals surface area (Å²) in [6, 6.07) is 9.23. The summed E-state index contributed by atoms with van der Waals surface area (Å²) in [4.78, 5) is 11.8. The lowest BCUT2D eigenvalue weighted by atomic mass is 10.1. The molecule has 0 aliphatic carbocycles. The summed E-state index contributed by atoms with van der Waals surface area (Å²) in [5.41, 5.74) is 0.830. The maximum atomic E-state index is 11.0. The van der Waals surface area contributed by atoms with Crippen LogP contribution in [0.15, 0.2) is 40.2 Å². The van der Waals surface area contributed by atoms with Gasteiger partial charge in [-0.15, -0.1) is 11.3 Å². The predicted octanol–water partition coefficient (Wildman–Crippen LogP) is 4.27. The second-order valence-electron chi connectivity index (χ2n) is 4.15. The smallest absolute Gasteiger partial charge is 0.273 e. The summed E-state index contributed by atoms with van der Waals surface area (Å²) in [7, 11) is 0. The first-order valence-corrected chi connectivity index (χ1v) is 7.45. The molecule has 0 radical (unpaired) electrons. The standard InChI is InChI=1S/C13H13BrN2O2S/c1-9(13-3-2-6-19-13)15-8-10-7-11(14)4-5-12(10)16(17)18/h2-7,9,15H,8H2,1H3/t9-/m1/s1. The Hall–Kier alpha value is -1.24. The summed E-state index contributed by atoms with van der Waals surface area (Å²) in [6.45, 7) is 2.52. The third-order valence-corrected chi connectivity index (χ3v) is 4.36. The van der Waals surface area contributed by atoms with Gasteiger partial charge in [0.15, 0.2) is 0 Å². The van der Waals surface area contributed by atoms with Crippen LogP contribution in [0.1, 0.15) is 23.4 Å². The molecule has 1 aromatic carbocycles. The number of benzene rings is 1. The van der Waals surface area contributed by atoms with Crippen LogP contribution in [0.4, 0.5) is 5.69 Å². The van der Waals surface area contributed by atoms with E-state index in [1.165, 1.54) is 10.9 Å². The van der Waals surface area contributed by atoms with Gasteiger partial charge in [0.2, 0.25) is 0 Å². The molecule has 2 rings (SSSR count). The minimum atomic E-state index is -0.348. The molecule has 0 bridgehead atoms. The molecule has 2 aromatic rings. The molecule has 4 nitrogen and oxygen atoms in total. The van der Waals surface area contributed by atoms with Gasteiger partial charge in [0.25, 0.3) is 5.69 Å². The van der Waals surface area contributed by atoms with Crippen LogP contribution < -0.4 is 5.32 Å². The van der Waals surface area contributed by atoms with Gasteiger partial charge in [-0.05, 0) is 30.5 Å². The van der Waals surface area contributed by atoms with Gasteiger partial charge < -0.3 is 5.32 Å². The van der Waals surface area contributed by atoms with Crippen LogP contribution in [0.2, 0.25) is 0 Å². The first-order chi connectivity index (χ1) is 9.08. The molecule has 0 saturated heterocycles. The summed E-state index contributed by atoms with van der Waals surface area (Å²) in [6.07, 6.45) is 0. The lowest BCUT2D eigenvalue weighted by molar-refractivity contribution is -0.385. The Bertz CT molecular complexity index is 572. The molecular formula is C13H13BrN2O2S. The van der Waals surface area contributed by atoms with E-state index in [0.29, 0.717) is 12.1 Å². The van der Waals surface area contributed by atoms with E-state index in [1.807, 2.05) is 11.4 Å². The van der Waals surface area contributed by atoms with Crippen molar-refractivity contribution in [3.8, 4) is 0 Å². The number of hydrogen-bond donors (Lipinski definition) is 1. The fourth-order valence-corrected chi connectivity index (χ4v) is 2.94. The highest BCUT2D eigenvalue weighted by atomic mass is 79.9. The fourth-order valence-electron chi connectivity index (χ4n) is 1.78. The van der Waals surface area contributed by atoms with Gasteiger partial charge in [-0.1, -0.05) is 22.0 Å². The number of nitrogens with zero attached hydrogens (tertiary/aromatic N) is 1. The van der Waals surface area contributed by atoms with E-state index >= 15 is 0 Å². The Morgan fingerprint density at radius 3 is 2.89 bits per heavy atom. The number of nitrogens with one attached hydrogen (secondary N) is 1. The molecule has 100 valence electrons. The zero-order valence-corrected chi connectivity index (χ0v) is 12.7. The van der Waals surface area contributed by atoms with Crippen LogP contribution in [0, 0.1) is 10.1 Å². The molecule has 0 aliphatic rings. The molecule has 0 aliphatic heterocycles. The Morgan fingerprint density at radius 1 is 1.47 bits per heavy atom. The van der Waals surface area contributed by atoms with Crippen molar-refractivity contribution in [2.75, 3.05) is 0 Å². The Balaban J connectivity index is 2.10. The Kier molecular flexibility index (Phi) is 4.68. The maximum Gasteiger partial charge on any atom is 0.273 e. The van der Waals surface area contributed by atoms with Crippen molar-refractivity contribution < 1.29 is 4.92 Å². The minimum Gasteiger partial charge on any atom is -0.305 e. The third kappa shape index (κ3) is 3.62. The van der Waals surface area contributed by atoms with Gasteiger partial charge in [0.05, 0.1) is 4.92 Å². The van der Waals surface area contributed by atoms with Crippen LogP contribution in [-0.4, -0.2) is 4.92 Å². The first kappa shape index (κ1) is 14.2. The summed E-state index contributed by atoms with van der Waals surface area (Å²) in [5.74, 6) is 0. The zero-order valence-electron chi connectivity index (χ0n) is 10.3. The van der Waals surface area contributed by atoms with Crippen molar-refractivity contribution in [1.82, 2.24) is 5.32 Å². The number of thiophene rings is 1. The van der Waals surface area contributed by atoms with Crippen LogP contribution >= 0.6 is 27.3 Å². The molecule has 1 atom stereocenters. The van der Waals surface area contributed by atoms with Gasteiger partial charge in [-0.25, -0.2) is 0 Å². The van der Waals surface area contributed by atoms with Crippen LogP contribution in [-0.2, 0) is 6.54 Å². The topological polar surface area (TPSA) is 55.2 Å². The molecule has 1 N–H and O–H groups in total. The number of nitro benzene ring substituents is 1. The molecule has 0 unspecified atom stereocenters. The SMILES string of the molecule is C[C@@H](NCc1cc(Br)ccc1[N+](=O)[O-])c1cccs1. The van der Waals surface area contributed by atoms with Gasteiger partial charge in [-0.3, -0.25) is 10.1 Å². The van der Waals surface area contributed by atoms with Gasteiger partial charge >= 0.3 is 0 Å². The summed E-state index contributed by atoms with van der Waals surface area (Å²) < 4.78 is 0.846. The van der Waals surface area contributed by atoms with E-state index < -0.39 is 0 Å². The number of halogens is 1. The largest absolute Gasteiger partial charge is 0.305 e. The average molecular weight is 341 g/mol. The van der Waals surface area contributed by atoms with Crippen molar-refractivity contribution >= 4 is 33.0 Å². The molecule has 6 heteroatoms. The molecule has 0 amide bonds. The lowest BCUT2D eigenvalue weighted by Gasteiger charge is -2.12. The summed E-state index contributed by atoms with van der Waals surface area (Å²) >= 11 is 5.02. The molecule has 0 spiro atoms. The maximum absolute atomic E-state index is 11.0. The van der Waals surface area contributed by atoms with Crippen molar-refractivity contribution in [2.24, 2.45) is 0 Å². The van der Waals surface area contributed by atoms with E-state index in [2.05, 4.69) is 34.2 Å². The van der Waals surface area contributed by atoms with E-state index in [-0.39, 0.29) is 16.7 Å². The van der Waals surface area contributed by atoms with Crippen molar-refractivity contribution in [3.05, 3.63) is 60.7 Å². The number of nitro groups is 1. The van der Waals surface area contributed by atoms with E-state index in [9.17, 15) is 10.1 Å². The zero-order chi connectivity index (χ0) is 13.8. The Labute approximate surface area is 123 Å². The molecule has 1 heterocycles. The second kappa shape index (κ2) is 6.27. The van der Waals surface area contributed by atoms with Crippen LogP contribution in [0.25, 0.3) is 0 Å². The van der Waals surface area contributed by atoms with Crippen molar-refractivity contribution in [3.63, 3.8) is 0 Å². The van der Waals surface area contributed by atoms with Gasteiger partial charge in [0, 0.05) is 33.6 Å². The number of hydrogen-bond acceptors (Lipinski definition) is 4. The molecule has 19 heavy (non-hydrogen) atoms. The molecule has 0 fully saturated rings. The van der Waals surface area contributed by atoms with Crippen LogP contribution in [0.5, 0.6) is 0 Å². The quantitative estimate of drug-likeness (QED) is 0.653. The van der Waals surface area contributed by atoms with E-state index in [1.54, 1.807) is 23.5 Å². The minimum absolute atomic E-state index is 0.147. The predicted molar refractivity (Wildman–Crippen MR) is 80.4 cm³/mol. The van der Waals surface area contributed by atoms with Crippen molar-refractivity contribution in [1.29, 1.82) is 0 Å². The normalized spacial score (nSPS) is 12.3. The third-order valence-electron chi connectivity index (χ3n) is 2.81. The highest BCUT2D eigenvalue weighted by molar-refractivity contribution is 9.10. The van der Waals surface area contributed by atoms with Gasteiger partial charge in [-0.2, -0.15) is 0 Å². The molecule has 1 aromatic heterocycles. The highest BCUT2D eigenvalue weighted by Crippen LogP contribution is 2.24. The first-order valence-electron chi connectivity index (χ1n) is 5.77. The summed E-state index contributed by atoms with van der Waals surface area (Å²) in [5, 5.41) is 16.3. The number of rotatable bonds is 5. The Morgan fingerprint density at radius 2 is 2.26 bits per heavy atom. The monoisotopic (exact) mass is 340 g/mol. The van der Waals surface area contributed by atoms with E-state index in [4.69, 9.17) is 0 Å². The fraction of sp³-hybridized carbons (Fsp3) is 0.231. The van der Waals surface area contributed by atoms with Gasteiger partial charge in [0.1, 0.15) is 0 Å². The molecular weight excluding hydrogens is 328 g/mol. The average Bonchev–Trinajstić information content (AvgIpc) is 2.89. The van der Waals surface area contributed by atoms with Crippen LogP contribution in [0.3, 0.4) is 0 Å². The second-order valence-corrected chi connectivity index (χ2v) is 6.04. The highest BCUT2D eigenvalue weighted by Gasteiger charge is 2.15. The molecule has 0 saturated carbocycles.